The Morgan fingerprint density at radius 3 is 2.82 bits per heavy atom. The van der Waals surface area contributed by atoms with Gasteiger partial charge >= 0.3 is 0 Å². The van der Waals surface area contributed by atoms with E-state index >= 15 is 0 Å². The van der Waals surface area contributed by atoms with Crippen LogP contribution in [0.25, 0.3) is 0 Å². The van der Waals surface area contributed by atoms with Gasteiger partial charge in [-0.3, -0.25) is 4.79 Å². The number of halogens is 2. The van der Waals surface area contributed by atoms with Gasteiger partial charge in [0.15, 0.2) is 6.10 Å². The van der Waals surface area contributed by atoms with Crippen molar-refractivity contribution in [2.75, 3.05) is 13.2 Å². The van der Waals surface area contributed by atoms with Crippen molar-refractivity contribution in [3.63, 3.8) is 0 Å². The van der Waals surface area contributed by atoms with Gasteiger partial charge in [-0.2, -0.15) is 0 Å². The highest BCUT2D eigenvalue weighted by molar-refractivity contribution is 6.35. The quantitative estimate of drug-likeness (QED) is 0.909. The summed E-state index contributed by atoms with van der Waals surface area (Å²) in [5.74, 6) is 0.499. The van der Waals surface area contributed by atoms with E-state index in [1.54, 1.807) is 30.0 Å². The summed E-state index contributed by atoms with van der Waals surface area (Å²) >= 11 is 11.9. The lowest BCUT2D eigenvalue weighted by Gasteiger charge is -2.38. The van der Waals surface area contributed by atoms with Crippen molar-refractivity contribution in [1.82, 2.24) is 4.90 Å². The predicted molar refractivity (Wildman–Crippen MR) is 87.5 cm³/mol. The zero-order valence-electron chi connectivity index (χ0n) is 12.8. The van der Waals surface area contributed by atoms with Crippen LogP contribution in [0.5, 0.6) is 5.75 Å². The maximum absolute atomic E-state index is 12.6. The largest absolute Gasteiger partial charge is 0.479 e. The van der Waals surface area contributed by atoms with Crippen LogP contribution >= 0.6 is 23.2 Å². The van der Waals surface area contributed by atoms with Gasteiger partial charge in [0.2, 0.25) is 0 Å². The van der Waals surface area contributed by atoms with E-state index in [0.29, 0.717) is 22.3 Å². The molecule has 0 saturated carbocycles. The number of benzene rings is 1. The Balaban J connectivity index is 2.04. The molecule has 3 unspecified atom stereocenters. The van der Waals surface area contributed by atoms with E-state index in [-0.39, 0.29) is 24.5 Å². The number of piperidine rings is 1. The Bertz CT molecular complexity index is 538. The summed E-state index contributed by atoms with van der Waals surface area (Å²) in [5.41, 5.74) is 0. The number of carbonyl (C=O) groups excluding carboxylic acids is 1. The molecule has 1 aromatic carbocycles. The highest BCUT2D eigenvalue weighted by Gasteiger charge is 2.32. The van der Waals surface area contributed by atoms with Crippen molar-refractivity contribution in [2.45, 2.75) is 38.8 Å². The smallest absolute Gasteiger partial charge is 0.263 e. The van der Waals surface area contributed by atoms with Crippen LogP contribution in [-0.2, 0) is 4.79 Å². The minimum atomic E-state index is -0.640. The SMILES string of the molecule is CC(Oc1ccc(Cl)cc1Cl)C(=O)N1CC(CO)CCC1C. The van der Waals surface area contributed by atoms with Gasteiger partial charge in [-0.05, 0) is 50.8 Å². The van der Waals surface area contributed by atoms with Crippen molar-refractivity contribution in [3.05, 3.63) is 28.2 Å². The summed E-state index contributed by atoms with van der Waals surface area (Å²) in [6, 6.07) is 5.07. The van der Waals surface area contributed by atoms with Crippen molar-refractivity contribution >= 4 is 29.1 Å². The molecule has 4 nitrogen and oxygen atoms in total. The van der Waals surface area contributed by atoms with E-state index in [2.05, 4.69) is 0 Å². The third kappa shape index (κ3) is 4.06. The van der Waals surface area contributed by atoms with Crippen LogP contribution in [0.15, 0.2) is 18.2 Å². The van der Waals surface area contributed by atoms with Gasteiger partial charge in [0.25, 0.3) is 5.91 Å². The number of hydrogen-bond acceptors (Lipinski definition) is 3. The lowest BCUT2D eigenvalue weighted by atomic mass is 9.93. The van der Waals surface area contributed by atoms with Gasteiger partial charge in [0.1, 0.15) is 5.75 Å². The molecule has 2 rings (SSSR count). The Morgan fingerprint density at radius 2 is 2.18 bits per heavy atom. The maximum Gasteiger partial charge on any atom is 0.263 e. The van der Waals surface area contributed by atoms with Crippen LogP contribution in [0, 0.1) is 5.92 Å². The summed E-state index contributed by atoms with van der Waals surface area (Å²) in [6.07, 6.45) is 1.20. The monoisotopic (exact) mass is 345 g/mol. The number of rotatable bonds is 4. The molecule has 22 heavy (non-hydrogen) atoms. The van der Waals surface area contributed by atoms with Crippen LogP contribution in [0.4, 0.5) is 0 Å². The molecule has 1 amide bonds. The minimum absolute atomic E-state index is 0.0864. The van der Waals surface area contributed by atoms with Crippen LogP contribution in [0.2, 0.25) is 10.0 Å². The molecule has 1 aliphatic rings. The molecule has 1 heterocycles. The second-order valence-corrected chi connectivity index (χ2v) is 6.64. The molecule has 122 valence electrons. The Morgan fingerprint density at radius 1 is 1.45 bits per heavy atom. The number of amides is 1. The van der Waals surface area contributed by atoms with Gasteiger partial charge in [-0.15, -0.1) is 0 Å². The van der Waals surface area contributed by atoms with Crippen molar-refractivity contribution in [1.29, 1.82) is 0 Å². The molecule has 0 aromatic heterocycles. The van der Waals surface area contributed by atoms with E-state index in [4.69, 9.17) is 27.9 Å². The molecule has 1 N–H and O–H groups in total. The Labute approximate surface area is 141 Å². The lowest BCUT2D eigenvalue weighted by Crippen LogP contribution is -2.50. The topological polar surface area (TPSA) is 49.8 Å². The molecule has 0 spiro atoms. The third-order valence-corrected chi connectivity index (χ3v) is 4.60. The van der Waals surface area contributed by atoms with Gasteiger partial charge in [0, 0.05) is 24.2 Å². The van der Waals surface area contributed by atoms with Crippen molar-refractivity contribution in [2.24, 2.45) is 5.92 Å². The lowest BCUT2D eigenvalue weighted by molar-refractivity contribution is -0.142. The predicted octanol–water partition coefficient (Wildman–Crippen LogP) is 3.38. The molecular weight excluding hydrogens is 325 g/mol. The molecule has 0 bridgehead atoms. The minimum Gasteiger partial charge on any atom is -0.479 e. The average molecular weight is 346 g/mol. The first-order chi connectivity index (χ1) is 10.4. The standard InChI is InChI=1S/C16H21Cl2NO3/c1-10-3-4-12(9-20)8-19(10)16(21)11(2)22-15-6-5-13(17)7-14(15)18/h5-7,10-12,20H,3-4,8-9H2,1-2H3. The second-order valence-electron chi connectivity index (χ2n) is 5.80. The normalized spacial score (nSPS) is 23.2. The van der Waals surface area contributed by atoms with Crippen molar-refractivity contribution < 1.29 is 14.6 Å². The maximum atomic E-state index is 12.6. The number of aliphatic hydroxyl groups excluding tert-OH is 1. The van der Waals surface area contributed by atoms with Gasteiger partial charge in [-0.1, -0.05) is 23.2 Å². The fourth-order valence-electron chi connectivity index (χ4n) is 2.68. The Kier molecular flexibility index (Phi) is 5.95. The Hall–Kier alpha value is -0.970. The molecule has 0 aliphatic carbocycles. The zero-order chi connectivity index (χ0) is 16.3. The van der Waals surface area contributed by atoms with Gasteiger partial charge < -0.3 is 14.7 Å². The summed E-state index contributed by atoms with van der Waals surface area (Å²) in [4.78, 5) is 14.4. The number of hydrogen-bond donors (Lipinski definition) is 1. The summed E-state index contributed by atoms with van der Waals surface area (Å²) in [7, 11) is 0. The first-order valence-corrected chi connectivity index (χ1v) is 8.21. The molecular formula is C16H21Cl2NO3. The number of carbonyl (C=O) groups is 1. The average Bonchev–Trinajstić information content (AvgIpc) is 2.49. The molecule has 1 aliphatic heterocycles. The fourth-order valence-corrected chi connectivity index (χ4v) is 3.14. The first kappa shape index (κ1) is 17.4. The first-order valence-electron chi connectivity index (χ1n) is 7.45. The number of nitrogens with zero attached hydrogens (tertiary/aromatic N) is 1. The van der Waals surface area contributed by atoms with Crippen LogP contribution < -0.4 is 4.74 Å². The molecule has 6 heteroatoms. The number of ether oxygens (including phenoxy) is 1. The van der Waals surface area contributed by atoms with Crippen molar-refractivity contribution in [3.8, 4) is 5.75 Å². The van der Waals surface area contributed by atoms with E-state index < -0.39 is 6.10 Å². The van der Waals surface area contributed by atoms with E-state index in [9.17, 15) is 9.90 Å². The van der Waals surface area contributed by atoms with Crippen LogP contribution in [-0.4, -0.2) is 41.2 Å². The van der Waals surface area contributed by atoms with E-state index in [1.165, 1.54) is 0 Å². The van der Waals surface area contributed by atoms with Gasteiger partial charge in [0.05, 0.1) is 5.02 Å². The highest BCUT2D eigenvalue weighted by atomic mass is 35.5. The van der Waals surface area contributed by atoms with Gasteiger partial charge in [-0.25, -0.2) is 0 Å². The zero-order valence-corrected chi connectivity index (χ0v) is 14.3. The number of likely N-dealkylation sites (tertiary alicyclic amines) is 1. The highest BCUT2D eigenvalue weighted by Crippen LogP contribution is 2.29. The third-order valence-electron chi connectivity index (χ3n) is 4.07. The second kappa shape index (κ2) is 7.53. The summed E-state index contributed by atoms with van der Waals surface area (Å²) < 4.78 is 5.69. The molecule has 1 saturated heterocycles. The molecule has 1 aromatic rings. The number of aliphatic hydroxyl groups is 1. The molecule has 3 atom stereocenters. The van der Waals surface area contributed by atoms with E-state index in [0.717, 1.165) is 12.8 Å². The molecule has 1 fully saturated rings. The molecule has 0 radical (unpaired) electrons. The summed E-state index contributed by atoms with van der Waals surface area (Å²) in [6.45, 7) is 4.41. The summed E-state index contributed by atoms with van der Waals surface area (Å²) in [5, 5.41) is 10.2. The van der Waals surface area contributed by atoms with E-state index in [1.807, 2.05) is 6.92 Å². The fraction of sp³-hybridized carbons (Fsp3) is 0.562. The van der Waals surface area contributed by atoms with Crippen LogP contribution in [0.3, 0.4) is 0 Å². The van der Waals surface area contributed by atoms with Crippen LogP contribution in [0.1, 0.15) is 26.7 Å².